The summed E-state index contributed by atoms with van der Waals surface area (Å²) in [4.78, 5) is 34.9. The van der Waals surface area contributed by atoms with Crippen molar-refractivity contribution in [1.82, 2.24) is 0 Å². The molecule has 0 spiro atoms. The highest BCUT2D eigenvalue weighted by Gasteiger charge is 2.11. The van der Waals surface area contributed by atoms with E-state index in [9.17, 15) is 19.7 Å². The Morgan fingerprint density at radius 1 is 1.20 bits per heavy atom. The fourth-order valence-corrected chi connectivity index (χ4v) is 0.869. The predicted octanol–water partition coefficient (Wildman–Crippen LogP) is 0.733. The standard InChI is InChI=1S/C8H5NO6/c10-7(11)5-1-3-6(4-2-5)8(12)15-9(13)14/h1-4H,(H,10,11). The van der Waals surface area contributed by atoms with Crippen LogP contribution >= 0.6 is 0 Å². The lowest BCUT2D eigenvalue weighted by molar-refractivity contribution is -0.727. The fourth-order valence-electron chi connectivity index (χ4n) is 0.869. The second-order valence-corrected chi connectivity index (χ2v) is 2.48. The lowest BCUT2D eigenvalue weighted by Crippen LogP contribution is -2.10. The molecule has 0 fully saturated rings. The predicted molar refractivity (Wildman–Crippen MR) is 45.8 cm³/mol. The molecule has 0 atom stereocenters. The Hall–Kier alpha value is -2.44. The molecular formula is C8H5NO6. The average Bonchev–Trinajstić information content (AvgIpc) is 2.17. The van der Waals surface area contributed by atoms with Crippen molar-refractivity contribution in [2.45, 2.75) is 0 Å². The van der Waals surface area contributed by atoms with E-state index in [1.165, 1.54) is 0 Å². The average molecular weight is 211 g/mol. The maximum atomic E-state index is 10.9. The van der Waals surface area contributed by atoms with Gasteiger partial charge in [0.2, 0.25) is 0 Å². The quantitative estimate of drug-likeness (QED) is 0.583. The second-order valence-electron chi connectivity index (χ2n) is 2.48. The maximum Gasteiger partial charge on any atom is 0.335 e. The lowest BCUT2D eigenvalue weighted by atomic mass is 10.1. The molecule has 0 aromatic heterocycles. The summed E-state index contributed by atoms with van der Waals surface area (Å²) in [6.07, 6.45) is 0. The van der Waals surface area contributed by atoms with E-state index in [2.05, 4.69) is 4.84 Å². The zero-order valence-electron chi connectivity index (χ0n) is 7.25. The van der Waals surface area contributed by atoms with Gasteiger partial charge in [-0.15, -0.1) is 10.1 Å². The molecule has 1 aromatic rings. The highest BCUT2D eigenvalue weighted by Crippen LogP contribution is 2.05. The third-order valence-corrected chi connectivity index (χ3v) is 1.52. The van der Waals surface area contributed by atoms with E-state index < -0.39 is 17.0 Å². The Morgan fingerprint density at radius 2 is 1.67 bits per heavy atom. The highest BCUT2D eigenvalue weighted by atomic mass is 17.0. The van der Waals surface area contributed by atoms with Gasteiger partial charge in [0.1, 0.15) is 0 Å². The van der Waals surface area contributed by atoms with E-state index in [1.807, 2.05) is 0 Å². The zero-order chi connectivity index (χ0) is 11.4. The summed E-state index contributed by atoms with van der Waals surface area (Å²) in [5.74, 6) is -2.29. The van der Waals surface area contributed by atoms with Crippen LogP contribution in [0.1, 0.15) is 20.7 Å². The van der Waals surface area contributed by atoms with Crippen molar-refractivity contribution < 1.29 is 24.6 Å². The minimum atomic E-state index is -1.23. The summed E-state index contributed by atoms with van der Waals surface area (Å²) in [6, 6.07) is 4.57. The van der Waals surface area contributed by atoms with Crippen LogP contribution in [0.2, 0.25) is 0 Å². The van der Waals surface area contributed by atoms with Crippen molar-refractivity contribution in [3.05, 3.63) is 45.5 Å². The van der Waals surface area contributed by atoms with Crippen molar-refractivity contribution >= 4 is 11.9 Å². The number of carboxylic acid groups (broad SMARTS) is 1. The molecule has 7 heteroatoms. The van der Waals surface area contributed by atoms with Crippen LogP contribution in [-0.2, 0) is 4.84 Å². The maximum absolute atomic E-state index is 10.9. The highest BCUT2D eigenvalue weighted by molar-refractivity contribution is 5.92. The molecule has 0 bridgehead atoms. The van der Waals surface area contributed by atoms with E-state index in [-0.39, 0.29) is 11.1 Å². The first kappa shape index (κ1) is 10.6. The number of hydrogen-bond donors (Lipinski definition) is 1. The number of carbonyl (C=O) groups is 2. The van der Waals surface area contributed by atoms with Gasteiger partial charge in [0, 0.05) is 5.56 Å². The van der Waals surface area contributed by atoms with Crippen molar-refractivity contribution in [2.24, 2.45) is 0 Å². The van der Waals surface area contributed by atoms with Gasteiger partial charge in [-0.2, -0.15) is 0 Å². The largest absolute Gasteiger partial charge is 0.478 e. The van der Waals surface area contributed by atoms with Gasteiger partial charge in [-0.3, -0.25) is 4.79 Å². The molecule has 0 heterocycles. The van der Waals surface area contributed by atoms with E-state index >= 15 is 0 Å². The van der Waals surface area contributed by atoms with E-state index in [0.717, 1.165) is 24.3 Å². The van der Waals surface area contributed by atoms with Gasteiger partial charge in [-0.25, -0.2) is 9.63 Å². The Kier molecular flexibility index (Phi) is 2.97. The molecule has 1 aromatic carbocycles. The molecule has 7 nitrogen and oxygen atoms in total. The number of nitrogens with zero attached hydrogens (tertiary/aromatic N) is 1. The monoisotopic (exact) mass is 211 g/mol. The molecular weight excluding hydrogens is 206 g/mol. The second kappa shape index (κ2) is 4.18. The summed E-state index contributed by atoms with van der Waals surface area (Å²) in [6.45, 7) is 0. The molecule has 1 rings (SSSR count). The third kappa shape index (κ3) is 2.76. The minimum Gasteiger partial charge on any atom is -0.478 e. The van der Waals surface area contributed by atoms with E-state index in [1.54, 1.807) is 0 Å². The molecule has 78 valence electrons. The van der Waals surface area contributed by atoms with Gasteiger partial charge in [0.15, 0.2) is 0 Å². The summed E-state index contributed by atoms with van der Waals surface area (Å²) in [7, 11) is 0. The summed E-state index contributed by atoms with van der Waals surface area (Å²) in [5.41, 5.74) is -0.107. The topological polar surface area (TPSA) is 107 Å². The molecule has 0 saturated carbocycles. The van der Waals surface area contributed by atoms with Crippen LogP contribution in [0.15, 0.2) is 24.3 Å². The Bertz CT molecular complexity index is 410. The van der Waals surface area contributed by atoms with Crippen molar-refractivity contribution in [3.63, 3.8) is 0 Å². The lowest BCUT2D eigenvalue weighted by Gasteiger charge is -1.98. The summed E-state index contributed by atoms with van der Waals surface area (Å²) in [5, 5.41) is 17.1. The first-order valence-electron chi connectivity index (χ1n) is 3.71. The number of benzene rings is 1. The van der Waals surface area contributed by atoms with Crippen LogP contribution < -0.4 is 0 Å². The summed E-state index contributed by atoms with van der Waals surface area (Å²) >= 11 is 0. The molecule has 0 aliphatic carbocycles. The normalized spacial score (nSPS) is 9.33. The SMILES string of the molecule is O=C(O)c1ccc(C(=O)O[N+](=O)[O-])cc1. The van der Waals surface area contributed by atoms with Gasteiger partial charge >= 0.3 is 17.0 Å². The molecule has 1 N–H and O–H groups in total. The van der Waals surface area contributed by atoms with Gasteiger partial charge < -0.3 is 5.11 Å². The van der Waals surface area contributed by atoms with Crippen LogP contribution in [0.4, 0.5) is 0 Å². The number of aromatic carboxylic acids is 1. The van der Waals surface area contributed by atoms with Crippen molar-refractivity contribution in [3.8, 4) is 0 Å². The Labute approximate surface area is 83.0 Å². The van der Waals surface area contributed by atoms with Gasteiger partial charge in [0.05, 0.1) is 5.56 Å². The number of carboxylic acids is 1. The number of carbonyl (C=O) groups excluding carboxylic acids is 1. The Morgan fingerprint density at radius 3 is 2.07 bits per heavy atom. The summed E-state index contributed by atoms with van der Waals surface area (Å²) < 4.78 is 0. The van der Waals surface area contributed by atoms with Crippen molar-refractivity contribution in [1.29, 1.82) is 0 Å². The van der Waals surface area contributed by atoms with Crippen LogP contribution in [-0.4, -0.2) is 22.1 Å². The zero-order valence-corrected chi connectivity index (χ0v) is 7.25. The van der Waals surface area contributed by atoms with Crippen LogP contribution in [0, 0.1) is 10.1 Å². The van der Waals surface area contributed by atoms with Crippen molar-refractivity contribution in [2.75, 3.05) is 0 Å². The molecule has 0 amide bonds. The molecule has 0 saturated heterocycles. The number of rotatable bonds is 3. The van der Waals surface area contributed by atoms with Gasteiger partial charge in [-0.05, 0) is 24.3 Å². The molecule has 0 radical (unpaired) electrons. The fraction of sp³-hybridized carbons (Fsp3) is 0. The molecule has 0 aliphatic heterocycles. The van der Waals surface area contributed by atoms with Crippen LogP contribution in [0.25, 0.3) is 0 Å². The molecule has 0 unspecified atom stereocenters. The Balaban J connectivity index is 2.84. The first-order valence-corrected chi connectivity index (χ1v) is 3.71. The number of hydrogen-bond acceptors (Lipinski definition) is 5. The first-order chi connectivity index (χ1) is 7.00. The third-order valence-electron chi connectivity index (χ3n) is 1.52. The smallest absolute Gasteiger partial charge is 0.335 e. The van der Waals surface area contributed by atoms with Crippen LogP contribution in [0.5, 0.6) is 0 Å². The van der Waals surface area contributed by atoms with E-state index in [4.69, 9.17) is 5.11 Å². The van der Waals surface area contributed by atoms with Gasteiger partial charge in [0.25, 0.3) is 0 Å². The molecule has 15 heavy (non-hydrogen) atoms. The van der Waals surface area contributed by atoms with E-state index in [0.29, 0.717) is 0 Å². The van der Waals surface area contributed by atoms with Crippen LogP contribution in [0.3, 0.4) is 0 Å². The van der Waals surface area contributed by atoms with Gasteiger partial charge in [-0.1, -0.05) is 0 Å². The molecule has 0 aliphatic rings. The minimum absolute atomic E-state index is 0.0207.